The van der Waals surface area contributed by atoms with Crippen LogP contribution in [0.1, 0.15) is 33.3 Å². The Balaban J connectivity index is 1.50. The number of benzene rings is 2. The Labute approximate surface area is 168 Å². The Morgan fingerprint density at radius 1 is 1.04 bits per heavy atom. The van der Waals surface area contributed by atoms with E-state index in [1.165, 1.54) is 0 Å². The van der Waals surface area contributed by atoms with Gasteiger partial charge in [-0.25, -0.2) is 5.43 Å². The monoisotopic (exact) mass is 394 g/mol. The molecular weight excluding hydrogens is 372 g/mol. The van der Waals surface area contributed by atoms with Gasteiger partial charge in [-0.1, -0.05) is 12.1 Å². The predicted molar refractivity (Wildman–Crippen MR) is 113 cm³/mol. The number of ether oxygens (including phenoxy) is 2. The summed E-state index contributed by atoms with van der Waals surface area (Å²) in [5.41, 5.74) is 5.21. The number of hydrazone groups is 1. The van der Waals surface area contributed by atoms with Gasteiger partial charge in [0.1, 0.15) is 18.1 Å². The Bertz CT molecular complexity index is 931. The summed E-state index contributed by atoms with van der Waals surface area (Å²) in [5.74, 6) is 1.34. The maximum absolute atomic E-state index is 12.2. The van der Waals surface area contributed by atoms with Crippen molar-refractivity contribution in [2.75, 3.05) is 6.61 Å². The van der Waals surface area contributed by atoms with Crippen LogP contribution in [0.25, 0.3) is 0 Å². The number of thiophene rings is 1. The van der Waals surface area contributed by atoms with Gasteiger partial charge >= 0.3 is 0 Å². The summed E-state index contributed by atoms with van der Waals surface area (Å²) in [6.45, 7) is 5.02. The predicted octanol–water partition coefficient (Wildman–Crippen LogP) is 4.80. The van der Waals surface area contributed by atoms with Crippen molar-refractivity contribution in [3.63, 3.8) is 0 Å². The van der Waals surface area contributed by atoms with Crippen LogP contribution in [0.2, 0.25) is 0 Å². The highest BCUT2D eigenvalue weighted by molar-refractivity contribution is 7.11. The molecule has 28 heavy (non-hydrogen) atoms. The number of hydrogen-bond acceptors (Lipinski definition) is 5. The number of nitrogens with zero attached hydrogens (tertiary/aromatic N) is 1. The van der Waals surface area contributed by atoms with Crippen LogP contribution in [0.3, 0.4) is 0 Å². The van der Waals surface area contributed by atoms with Gasteiger partial charge in [0.25, 0.3) is 5.91 Å². The molecule has 3 aromatic rings. The summed E-state index contributed by atoms with van der Waals surface area (Å²) in [4.78, 5) is 13.2. The summed E-state index contributed by atoms with van der Waals surface area (Å²) < 4.78 is 11.2. The van der Waals surface area contributed by atoms with E-state index in [0.29, 0.717) is 18.8 Å². The number of nitrogens with one attached hydrogen (secondary N) is 1. The molecule has 0 radical (unpaired) electrons. The summed E-state index contributed by atoms with van der Waals surface area (Å²) in [5, 5.41) is 6.01. The van der Waals surface area contributed by atoms with Crippen LogP contribution >= 0.6 is 11.3 Å². The Morgan fingerprint density at radius 2 is 1.71 bits per heavy atom. The molecule has 0 aliphatic carbocycles. The first-order valence-corrected chi connectivity index (χ1v) is 9.86. The van der Waals surface area contributed by atoms with Crippen molar-refractivity contribution in [3.05, 3.63) is 81.5 Å². The van der Waals surface area contributed by atoms with Crippen LogP contribution in [-0.4, -0.2) is 18.7 Å². The quantitative estimate of drug-likeness (QED) is 0.441. The molecule has 0 fully saturated rings. The van der Waals surface area contributed by atoms with Gasteiger partial charge in [-0.05, 0) is 72.8 Å². The molecule has 5 nitrogen and oxygen atoms in total. The molecule has 1 aromatic heterocycles. The molecule has 144 valence electrons. The van der Waals surface area contributed by atoms with Gasteiger partial charge in [0.05, 0.1) is 12.8 Å². The molecule has 2 aromatic carbocycles. The van der Waals surface area contributed by atoms with Crippen molar-refractivity contribution in [1.82, 2.24) is 5.43 Å². The van der Waals surface area contributed by atoms with Gasteiger partial charge in [0.2, 0.25) is 0 Å². The lowest BCUT2D eigenvalue weighted by Crippen LogP contribution is -2.17. The van der Waals surface area contributed by atoms with Crippen LogP contribution in [0.4, 0.5) is 0 Å². The first-order chi connectivity index (χ1) is 13.7. The van der Waals surface area contributed by atoms with E-state index in [4.69, 9.17) is 9.47 Å². The fraction of sp³-hybridized carbons (Fsp3) is 0.182. The molecule has 1 heterocycles. The normalized spacial score (nSPS) is 10.8. The zero-order valence-corrected chi connectivity index (χ0v) is 16.7. The molecule has 0 aliphatic heterocycles. The molecule has 0 saturated carbocycles. The van der Waals surface area contributed by atoms with E-state index < -0.39 is 0 Å². The maximum atomic E-state index is 12.2. The van der Waals surface area contributed by atoms with Crippen LogP contribution in [0, 0.1) is 6.92 Å². The van der Waals surface area contributed by atoms with Gasteiger partial charge in [0.15, 0.2) is 0 Å². The van der Waals surface area contributed by atoms with Crippen LogP contribution in [-0.2, 0) is 6.61 Å². The van der Waals surface area contributed by atoms with E-state index in [0.717, 1.165) is 27.5 Å². The minimum absolute atomic E-state index is 0.246. The number of carbonyl (C=O) groups is 1. The molecule has 1 amide bonds. The third kappa shape index (κ3) is 5.44. The van der Waals surface area contributed by atoms with Gasteiger partial charge in [-0.2, -0.15) is 5.10 Å². The summed E-state index contributed by atoms with van der Waals surface area (Å²) in [6.07, 6.45) is 1.66. The van der Waals surface area contributed by atoms with E-state index in [1.54, 1.807) is 29.7 Å². The number of carbonyl (C=O) groups excluding carboxylic acids is 1. The molecular formula is C22H22N2O3S. The Morgan fingerprint density at radius 3 is 2.32 bits per heavy atom. The second-order valence-electron chi connectivity index (χ2n) is 6.06. The van der Waals surface area contributed by atoms with E-state index >= 15 is 0 Å². The van der Waals surface area contributed by atoms with Gasteiger partial charge < -0.3 is 9.47 Å². The summed E-state index contributed by atoms with van der Waals surface area (Å²) >= 11 is 1.58. The minimum atomic E-state index is -0.246. The Kier molecular flexibility index (Phi) is 6.81. The highest BCUT2D eigenvalue weighted by atomic mass is 32.1. The maximum Gasteiger partial charge on any atom is 0.271 e. The van der Waals surface area contributed by atoms with Crippen LogP contribution in [0.15, 0.2) is 65.1 Å². The second-order valence-corrected chi connectivity index (χ2v) is 7.00. The number of aryl methyl sites for hydroxylation is 1. The lowest BCUT2D eigenvalue weighted by atomic mass is 10.1. The van der Waals surface area contributed by atoms with E-state index in [9.17, 15) is 4.79 Å². The molecule has 0 aliphatic rings. The van der Waals surface area contributed by atoms with Crippen molar-refractivity contribution >= 4 is 23.5 Å². The molecule has 6 heteroatoms. The fourth-order valence-electron chi connectivity index (χ4n) is 2.45. The first-order valence-electron chi connectivity index (χ1n) is 8.98. The van der Waals surface area contributed by atoms with E-state index in [1.807, 2.05) is 61.7 Å². The standard InChI is InChI=1S/C22H22N2O3S/c1-3-26-19-8-10-20(11-9-19)27-15-17-4-6-18(7-5-17)22(25)24-23-14-21-16(2)12-13-28-21/h4-14H,3,15H2,1-2H3,(H,24,25). The third-order valence-electron chi connectivity index (χ3n) is 4.01. The zero-order chi connectivity index (χ0) is 19.8. The molecule has 3 rings (SSSR count). The van der Waals surface area contributed by atoms with Crippen LogP contribution < -0.4 is 14.9 Å². The lowest BCUT2D eigenvalue weighted by molar-refractivity contribution is 0.0955. The van der Waals surface area contributed by atoms with Crippen molar-refractivity contribution in [3.8, 4) is 11.5 Å². The van der Waals surface area contributed by atoms with Crippen molar-refractivity contribution in [2.45, 2.75) is 20.5 Å². The second kappa shape index (κ2) is 9.71. The Hall–Kier alpha value is -3.12. The zero-order valence-electron chi connectivity index (χ0n) is 15.8. The fourth-order valence-corrected chi connectivity index (χ4v) is 3.23. The smallest absolute Gasteiger partial charge is 0.271 e. The van der Waals surface area contributed by atoms with Gasteiger partial charge in [-0.3, -0.25) is 4.79 Å². The molecule has 0 atom stereocenters. The number of amides is 1. The topological polar surface area (TPSA) is 59.9 Å². The molecule has 0 spiro atoms. The van der Waals surface area contributed by atoms with E-state index in [2.05, 4.69) is 10.5 Å². The number of hydrogen-bond donors (Lipinski definition) is 1. The largest absolute Gasteiger partial charge is 0.494 e. The van der Waals surface area contributed by atoms with Crippen LogP contribution in [0.5, 0.6) is 11.5 Å². The molecule has 1 N–H and O–H groups in total. The molecule has 0 bridgehead atoms. The molecule has 0 unspecified atom stereocenters. The van der Waals surface area contributed by atoms with Gasteiger partial charge in [-0.15, -0.1) is 11.3 Å². The highest BCUT2D eigenvalue weighted by Crippen LogP contribution is 2.19. The lowest BCUT2D eigenvalue weighted by Gasteiger charge is -2.08. The third-order valence-corrected chi connectivity index (χ3v) is 4.96. The van der Waals surface area contributed by atoms with E-state index in [-0.39, 0.29) is 5.91 Å². The summed E-state index contributed by atoms with van der Waals surface area (Å²) in [6, 6.07) is 16.8. The number of rotatable bonds is 8. The summed E-state index contributed by atoms with van der Waals surface area (Å²) in [7, 11) is 0. The highest BCUT2D eigenvalue weighted by Gasteiger charge is 2.05. The van der Waals surface area contributed by atoms with Gasteiger partial charge in [0, 0.05) is 10.4 Å². The van der Waals surface area contributed by atoms with Crippen molar-refractivity contribution < 1.29 is 14.3 Å². The first kappa shape index (κ1) is 19.6. The SMILES string of the molecule is CCOc1ccc(OCc2ccc(C(=O)NN=Cc3sccc3C)cc2)cc1. The molecule has 0 saturated heterocycles. The van der Waals surface area contributed by atoms with Crippen molar-refractivity contribution in [2.24, 2.45) is 5.10 Å². The average molecular weight is 394 g/mol. The minimum Gasteiger partial charge on any atom is -0.494 e. The van der Waals surface area contributed by atoms with Crippen molar-refractivity contribution in [1.29, 1.82) is 0 Å². The average Bonchev–Trinajstić information content (AvgIpc) is 3.13.